The first-order valence-corrected chi connectivity index (χ1v) is 20.6. The molecule has 2 fully saturated rings. The maximum atomic E-state index is 13.5. The molecule has 2 aliphatic heterocycles. The maximum absolute atomic E-state index is 13.5. The Labute approximate surface area is 338 Å². The van der Waals surface area contributed by atoms with Gasteiger partial charge >= 0.3 is 5.97 Å². The summed E-state index contributed by atoms with van der Waals surface area (Å²) in [6, 6.07) is 6.62. The molecule has 0 aliphatic carbocycles. The Hall–Kier alpha value is -1.44. The highest BCUT2D eigenvalue weighted by atomic mass is 127. The van der Waals surface area contributed by atoms with Gasteiger partial charge in [-0.15, -0.1) is 0 Å². The molecule has 0 amide bonds. The van der Waals surface area contributed by atoms with Gasteiger partial charge in [-0.05, 0) is 121 Å². The van der Waals surface area contributed by atoms with Crippen LogP contribution in [0.15, 0.2) is 30.5 Å². The number of esters is 1. The molecule has 4 rings (SSSR count). The second-order valence-corrected chi connectivity index (χ2v) is 18.0. The van der Waals surface area contributed by atoms with Crippen LogP contribution in [0.25, 0.3) is 10.9 Å². The van der Waals surface area contributed by atoms with E-state index in [1.165, 1.54) is 13.8 Å². The number of hydrogen-bond donors (Lipinski definition) is 6. The van der Waals surface area contributed by atoms with Crippen molar-refractivity contribution in [3.63, 3.8) is 0 Å². The molecule has 13 nitrogen and oxygen atoms in total. The Kier molecular flexibility index (Phi) is 15.8. The number of aromatic nitrogens is 1. The largest absolute Gasteiger partial charge is 0.448 e. The zero-order valence-electron chi connectivity index (χ0n) is 33.0. The van der Waals surface area contributed by atoms with E-state index in [-0.39, 0.29) is 24.5 Å². The Bertz CT molecular complexity index is 1540. The van der Waals surface area contributed by atoms with Crippen LogP contribution >= 0.6 is 34.2 Å². The standard InChI is InChI=1S/C39H62ClIN4O9/c1-21-19-38(6,50)34(53-36-32(47)30(44(8)9)17-22(2)52-36)23(3)31(46)24(4)35(49)54-37(41)39(7,51)33(48)25(5)45(20-21)16-10-14-42-28-13-15-43-29-18-26(40)11-12-27(28)29/h11-13,15,18,21-25,30-34,36-37,46-48,50-51H,10,14,16-17,19-20H2,1-9H3,(H,42,43)/t21-,22-,23+,24-,25-,30+,31+,32-,33-,34-,36+,37+,38-,39+/m1/s1. The van der Waals surface area contributed by atoms with Gasteiger partial charge in [0.2, 0.25) is 0 Å². The zero-order chi connectivity index (χ0) is 40.3. The SMILES string of the molecule is C[C@H]1CN(CCCNc2ccnc3cc(Cl)ccc23)[C@H](C)[C@@H](O)[C@](C)(O)[C@@H](I)OC(=O)[C@H](C)[C@@H](O)[C@H](C)[C@@H](O[C@@H]2O[C@H](C)C[C@H](N(C)C)[C@H]2O)[C@](C)(O)C1. The minimum atomic E-state index is -1.85. The van der Waals surface area contributed by atoms with Gasteiger partial charge < -0.3 is 50.0 Å². The molecule has 6 N–H and O–H groups in total. The van der Waals surface area contributed by atoms with Crippen molar-refractivity contribution in [2.24, 2.45) is 17.8 Å². The highest BCUT2D eigenvalue weighted by Gasteiger charge is 2.50. The average molecular weight is 893 g/mol. The van der Waals surface area contributed by atoms with E-state index in [4.69, 9.17) is 25.8 Å². The molecule has 0 radical (unpaired) electrons. The van der Waals surface area contributed by atoms with Crippen LogP contribution in [-0.4, -0.2) is 144 Å². The minimum Gasteiger partial charge on any atom is -0.448 e. The lowest BCUT2D eigenvalue weighted by atomic mass is 9.78. The van der Waals surface area contributed by atoms with Crippen LogP contribution in [0.5, 0.6) is 0 Å². The Morgan fingerprint density at radius 3 is 2.44 bits per heavy atom. The van der Waals surface area contributed by atoms with E-state index >= 15 is 0 Å². The molecule has 14 atom stereocenters. The summed E-state index contributed by atoms with van der Waals surface area (Å²) < 4.78 is 17.2. The maximum Gasteiger partial charge on any atom is 0.312 e. The third-order valence-corrected chi connectivity index (χ3v) is 13.1. The van der Waals surface area contributed by atoms with Crippen molar-refractivity contribution in [3.8, 4) is 0 Å². The lowest BCUT2D eigenvalue weighted by molar-refractivity contribution is -0.299. The third kappa shape index (κ3) is 10.7. The summed E-state index contributed by atoms with van der Waals surface area (Å²) >= 11 is 7.99. The number of anilines is 1. The van der Waals surface area contributed by atoms with E-state index in [1.54, 1.807) is 20.0 Å². The van der Waals surface area contributed by atoms with Crippen molar-refractivity contribution in [2.75, 3.05) is 39.0 Å². The molecule has 0 bridgehead atoms. The van der Waals surface area contributed by atoms with Crippen molar-refractivity contribution < 1.29 is 44.5 Å². The van der Waals surface area contributed by atoms with Crippen LogP contribution in [0.3, 0.4) is 0 Å². The minimum absolute atomic E-state index is 0.182. The third-order valence-electron chi connectivity index (χ3n) is 11.3. The fourth-order valence-corrected chi connectivity index (χ4v) is 8.87. The number of fused-ring (bicyclic) bond motifs is 1. The lowest BCUT2D eigenvalue weighted by Gasteiger charge is -2.46. The number of nitrogens with zero attached hydrogens (tertiary/aromatic N) is 3. The number of aliphatic hydroxyl groups excluding tert-OH is 3. The van der Waals surface area contributed by atoms with Gasteiger partial charge in [0.05, 0.1) is 35.3 Å². The van der Waals surface area contributed by atoms with Crippen molar-refractivity contribution in [2.45, 2.75) is 132 Å². The number of benzene rings is 1. The molecule has 0 spiro atoms. The van der Waals surface area contributed by atoms with Gasteiger partial charge in [0.1, 0.15) is 17.8 Å². The number of likely N-dealkylation sites (N-methyl/N-ethyl adjacent to an activating group) is 1. The van der Waals surface area contributed by atoms with Crippen LogP contribution < -0.4 is 5.32 Å². The molecule has 15 heteroatoms. The summed E-state index contributed by atoms with van der Waals surface area (Å²) in [5, 5.41) is 63.7. The number of cyclic esters (lactones) is 1. The highest BCUT2D eigenvalue weighted by molar-refractivity contribution is 14.1. The van der Waals surface area contributed by atoms with Crippen molar-refractivity contribution in [1.29, 1.82) is 0 Å². The summed E-state index contributed by atoms with van der Waals surface area (Å²) in [4.78, 5) is 21.9. The van der Waals surface area contributed by atoms with Gasteiger partial charge in [0.25, 0.3) is 0 Å². The summed E-state index contributed by atoms with van der Waals surface area (Å²) in [6.07, 6.45) is -2.96. The molecule has 2 aliphatic rings. The molecule has 3 heterocycles. The monoisotopic (exact) mass is 892 g/mol. The fraction of sp³-hybridized carbons (Fsp3) is 0.744. The number of rotatable bonds is 8. The first kappa shape index (κ1) is 45.3. The number of carbonyl (C=O) groups is 1. The van der Waals surface area contributed by atoms with Gasteiger partial charge in [0, 0.05) is 59.9 Å². The Balaban J connectivity index is 1.62. The van der Waals surface area contributed by atoms with E-state index in [1.807, 2.05) is 86.6 Å². The number of hydrogen-bond acceptors (Lipinski definition) is 13. The summed E-state index contributed by atoms with van der Waals surface area (Å²) in [7, 11) is 3.75. The molecule has 54 heavy (non-hydrogen) atoms. The molecule has 306 valence electrons. The van der Waals surface area contributed by atoms with Crippen LogP contribution in [0.2, 0.25) is 5.02 Å². The molecular formula is C39H62ClIN4O9. The molecule has 1 aromatic carbocycles. The van der Waals surface area contributed by atoms with E-state index in [9.17, 15) is 30.3 Å². The number of alkyl halides is 1. The normalized spacial score (nSPS) is 39.5. The second-order valence-electron chi connectivity index (χ2n) is 16.4. The second kappa shape index (κ2) is 18.9. The first-order chi connectivity index (χ1) is 25.1. The number of nitrogens with one attached hydrogen (secondary N) is 1. The smallest absolute Gasteiger partial charge is 0.312 e. The summed E-state index contributed by atoms with van der Waals surface area (Å²) in [5.41, 5.74) is -1.73. The average Bonchev–Trinajstić information content (AvgIpc) is 3.10. The van der Waals surface area contributed by atoms with E-state index in [0.29, 0.717) is 37.5 Å². The molecule has 0 saturated carbocycles. The van der Waals surface area contributed by atoms with Gasteiger partial charge in [-0.2, -0.15) is 0 Å². The zero-order valence-corrected chi connectivity index (χ0v) is 35.9. The van der Waals surface area contributed by atoms with Crippen LogP contribution in [0, 0.1) is 17.8 Å². The predicted octanol–water partition coefficient (Wildman–Crippen LogP) is 4.03. The Morgan fingerprint density at radius 2 is 1.78 bits per heavy atom. The predicted molar refractivity (Wildman–Crippen MR) is 217 cm³/mol. The van der Waals surface area contributed by atoms with E-state index in [0.717, 1.165) is 16.6 Å². The number of aliphatic hydroxyl groups is 5. The summed E-state index contributed by atoms with van der Waals surface area (Å²) in [5.74, 6) is -2.87. The number of pyridine rings is 1. The van der Waals surface area contributed by atoms with Gasteiger partial charge in [0.15, 0.2) is 10.4 Å². The lowest BCUT2D eigenvalue weighted by Crippen LogP contribution is -2.59. The quantitative estimate of drug-likeness (QED) is 0.0971. The van der Waals surface area contributed by atoms with Crippen molar-refractivity contribution in [1.82, 2.24) is 14.8 Å². The van der Waals surface area contributed by atoms with Gasteiger partial charge in [-0.3, -0.25) is 14.7 Å². The number of halogens is 2. The first-order valence-electron chi connectivity index (χ1n) is 19.0. The van der Waals surface area contributed by atoms with Crippen LogP contribution in [0.1, 0.15) is 67.7 Å². The molecule has 1 aromatic heterocycles. The van der Waals surface area contributed by atoms with E-state index < -0.39 is 69.9 Å². The molecule has 2 saturated heterocycles. The fourth-order valence-electron chi connectivity index (χ4n) is 8.09. The molecular weight excluding hydrogens is 831 g/mol. The van der Waals surface area contributed by atoms with Gasteiger partial charge in [-0.1, -0.05) is 25.4 Å². The summed E-state index contributed by atoms with van der Waals surface area (Å²) in [6.45, 7) is 13.6. The molecule has 2 aromatic rings. The number of carbonyl (C=O) groups excluding carboxylic acids is 1. The Morgan fingerprint density at radius 1 is 1.09 bits per heavy atom. The van der Waals surface area contributed by atoms with Crippen molar-refractivity contribution >= 4 is 56.8 Å². The van der Waals surface area contributed by atoms with Crippen molar-refractivity contribution in [3.05, 3.63) is 35.5 Å². The highest BCUT2D eigenvalue weighted by Crippen LogP contribution is 2.37. The molecule has 0 unspecified atom stereocenters. The van der Waals surface area contributed by atoms with Gasteiger partial charge in [-0.25, -0.2) is 0 Å². The van der Waals surface area contributed by atoms with Crippen LogP contribution in [0.4, 0.5) is 5.69 Å². The topological polar surface area (TPSA) is 177 Å². The van der Waals surface area contributed by atoms with E-state index in [2.05, 4.69) is 15.2 Å². The van der Waals surface area contributed by atoms with Crippen LogP contribution in [-0.2, 0) is 19.0 Å². The number of ether oxygens (including phenoxy) is 3.